The number of ketones is 1. The van der Waals surface area contributed by atoms with Gasteiger partial charge in [-0.25, -0.2) is 0 Å². The smallest absolute Gasteiger partial charge is 0.205 e. The molecule has 0 aliphatic heterocycles. The first kappa shape index (κ1) is 24.5. The lowest BCUT2D eigenvalue weighted by molar-refractivity contribution is 0.0319. The quantitative estimate of drug-likeness (QED) is 0.313. The summed E-state index contributed by atoms with van der Waals surface area (Å²) >= 11 is 0. The third-order valence-corrected chi connectivity index (χ3v) is 6.12. The second-order valence-electron chi connectivity index (χ2n) is 10.6. The van der Waals surface area contributed by atoms with Crippen LogP contribution in [-0.4, -0.2) is 33.0 Å². The number of nitrogens with zero attached hydrogens (tertiary/aromatic N) is 1. The van der Waals surface area contributed by atoms with Gasteiger partial charge in [0.2, 0.25) is 5.78 Å². The first-order valence-electron chi connectivity index (χ1n) is 10.9. The number of Topliss-reactive ketones (excluding diaryl/α,β-unsaturated/α-hetero) is 1. The molecule has 0 aliphatic carbocycles. The molecule has 0 heterocycles. The van der Waals surface area contributed by atoms with Crippen molar-refractivity contribution in [3.63, 3.8) is 0 Å². The maximum absolute atomic E-state index is 13.3. The standard InChI is InChI=1S/C26H39NO2Si/c1-25(2,3)21-14-10-19(11-15-21)18-27(7)24(29-30(8)9)23(28)20-12-16-22(17-13-20)26(4,5)6/h10-17,24,30H,18H2,1-9H3. The monoisotopic (exact) mass is 425 g/mol. The third-order valence-electron chi connectivity index (χ3n) is 5.31. The fraction of sp³-hybridized carbons (Fsp3) is 0.500. The van der Waals surface area contributed by atoms with E-state index in [9.17, 15) is 4.79 Å². The molecule has 0 spiro atoms. The number of hydrogen-bond donors (Lipinski definition) is 0. The van der Waals surface area contributed by atoms with Crippen LogP contribution >= 0.6 is 0 Å². The van der Waals surface area contributed by atoms with Gasteiger partial charge in [-0.15, -0.1) is 0 Å². The zero-order chi connectivity index (χ0) is 22.7. The Hall–Kier alpha value is -1.75. The number of benzene rings is 2. The van der Waals surface area contributed by atoms with Gasteiger partial charge in [-0.1, -0.05) is 90.1 Å². The van der Waals surface area contributed by atoms with Gasteiger partial charge in [0.25, 0.3) is 0 Å². The van der Waals surface area contributed by atoms with Gasteiger partial charge in [0.1, 0.15) is 0 Å². The predicted octanol–water partition coefficient (Wildman–Crippen LogP) is 5.92. The lowest BCUT2D eigenvalue weighted by Gasteiger charge is -2.29. The van der Waals surface area contributed by atoms with Gasteiger partial charge in [0, 0.05) is 12.1 Å². The largest absolute Gasteiger partial charge is 0.399 e. The van der Waals surface area contributed by atoms with Gasteiger partial charge >= 0.3 is 0 Å². The Morgan fingerprint density at radius 2 is 1.30 bits per heavy atom. The highest BCUT2D eigenvalue weighted by Gasteiger charge is 2.27. The van der Waals surface area contributed by atoms with Crippen LogP contribution in [-0.2, 0) is 21.8 Å². The summed E-state index contributed by atoms with van der Waals surface area (Å²) in [5.74, 6) is 0.0328. The molecule has 3 nitrogen and oxygen atoms in total. The first-order chi connectivity index (χ1) is 13.8. The number of hydrogen-bond acceptors (Lipinski definition) is 3. The zero-order valence-corrected chi connectivity index (χ0v) is 21.4. The van der Waals surface area contributed by atoms with Crippen LogP contribution < -0.4 is 0 Å². The van der Waals surface area contributed by atoms with Gasteiger partial charge in [0.15, 0.2) is 15.3 Å². The molecule has 0 aromatic heterocycles. The van der Waals surface area contributed by atoms with Crippen molar-refractivity contribution in [2.45, 2.75) is 78.2 Å². The van der Waals surface area contributed by atoms with Crippen molar-refractivity contribution < 1.29 is 9.22 Å². The van der Waals surface area contributed by atoms with E-state index in [1.54, 1.807) is 0 Å². The summed E-state index contributed by atoms with van der Waals surface area (Å²) in [5, 5.41) is 0. The van der Waals surface area contributed by atoms with Crippen molar-refractivity contribution >= 4 is 14.8 Å². The van der Waals surface area contributed by atoms with E-state index < -0.39 is 15.3 Å². The average Bonchev–Trinajstić information content (AvgIpc) is 2.64. The molecular weight excluding hydrogens is 386 g/mol. The molecule has 0 amide bonds. The van der Waals surface area contributed by atoms with Gasteiger partial charge in [-0.2, -0.15) is 0 Å². The molecule has 164 valence electrons. The molecule has 0 bridgehead atoms. The summed E-state index contributed by atoms with van der Waals surface area (Å²) in [6.07, 6.45) is -0.556. The molecule has 2 aromatic rings. The lowest BCUT2D eigenvalue weighted by Crippen LogP contribution is -2.42. The van der Waals surface area contributed by atoms with Crippen LogP contribution in [0.4, 0.5) is 0 Å². The van der Waals surface area contributed by atoms with Crippen LogP contribution in [0.5, 0.6) is 0 Å². The van der Waals surface area contributed by atoms with Crippen LogP contribution in [0.1, 0.15) is 68.6 Å². The highest BCUT2D eigenvalue weighted by Crippen LogP contribution is 2.24. The Morgan fingerprint density at radius 1 is 0.867 bits per heavy atom. The van der Waals surface area contributed by atoms with Crippen LogP contribution in [0.3, 0.4) is 0 Å². The third kappa shape index (κ3) is 6.63. The Bertz CT molecular complexity index is 827. The summed E-state index contributed by atoms with van der Waals surface area (Å²) in [4.78, 5) is 15.3. The molecule has 2 rings (SSSR count). The van der Waals surface area contributed by atoms with Crippen molar-refractivity contribution in [2.24, 2.45) is 0 Å². The topological polar surface area (TPSA) is 29.5 Å². The van der Waals surface area contributed by atoms with Gasteiger partial charge < -0.3 is 4.43 Å². The SMILES string of the molecule is CN(Cc1ccc(C(C)(C)C)cc1)C(O[SiH](C)C)C(=O)c1ccc(C(C)(C)C)cc1. The molecule has 4 heteroatoms. The summed E-state index contributed by atoms with van der Waals surface area (Å²) in [6, 6.07) is 16.7. The fourth-order valence-electron chi connectivity index (χ4n) is 3.38. The second-order valence-corrected chi connectivity index (χ2v) is 13.0. The molecule has 0 radical (unpaired) electrons. The van der Waals surface area contributed by atoms with Crippen LogP contribution in [0, 0.1) is 0 Å². The predicted molar refractivity (Wildman–Crippen MR) is 130 cm³/mol. The number of likely N-dealkylation sites (N-methyl/N-ethyl adjacent to an activating group) is 1. The van der Waals surface area contributed by atoms with Crippen LogP contribution in [0.15, 0.2) is 48.5 Å². The normalized spacial score (nSPS) is 13.7. The molecule has 0 N–H and O–H groups in total. The van der Waals surface area contributed by atoms with Gasteiger partial charge in [-0.05, 0) is 47.7 Å². The van der Waals surface area contributed by atoms with Crippen molar-refractivity contribution in [3.05, 3.63) is 70.8 Å². The molecule has 0 saturated carbocycles. The van der Waals surface area contributed by atoms with Gasteiger partial charge in [-0.3, -0.25) is 9.69 Å². The van der Waals surface area contributed by atoms with E-state index >= 15 is 0 Å². The van der Waals surface area contributed by atoms with Crippen LogP contribution in [0.25, 0.3) is 0 Å². The number of rotatable bonds is 7. The molecule has 0 fully saturated rings. The highest BCUT2D eigenvalue weighted by molar-refractivity contribution is 6.48. The van der Waals surface area contributed by atoms with E-state index in [4.69, 9.17) is 4.43 Å². The molecule has 2 aromatic carbocycles. The Morgan fingerprint density at radius 3 is 1.70 bits per heavy atom. The van der Waals surface area contributed by atoms with E-state index in [0.717, 1.165) is 0 Å². The molecule has 30 heavy (non-hydrogen) atoms. The molecule has 1 atom stereocenters. The summed E-state index contributed by atoms with van der Waals surface area (Å²) in [5.41, 5.74) is 4.62. The number of carbonyl (C=O) groups is 1. The average molecular weight is 426 g/mol. The van der Waals surface area contributed by atoms with E-state index in [0.29, 0.717) is 12.1 Å². The van der Waals surface area contributed by atoms with E-state index in [2.05, 4.69) is 91.0 Å². The summed E-state index contributed by atoms with van der Waals surface area (Å²) in [6.45, 7) is 18.1. The van der Waals surface area contributed by atoms with Crippen molar-refractivity contribution in [1.29, 1.82) is 0 Å². The summed E-state index contributed by atoms with van der Waals surface area (Å²) in [7, 11) is 0.570. The summed E-state index contributed by atoms with van der Waals surface area (Å²) < 4.78 is 6.19. The zero-order valence-electron chi connectivity index (χ0n) is 20.2. The van der Waals surface area contributed by atoms with E-state index in [1.807, 2.05) is 24.1 Å². The fourth-order valence-corrected chi connectivity index (χ4v) is 4.23. The Kier molecular flexibility index (Phi) is 7.83. The van der Waals surface area contributed by atoms with E-state index in [-0.39, 0.29) is 16.6 Å². The molecule has 0 aliphatic rings. The van der Waals surface area contributed by atoms with Gasteiger partial charge in [0.05, 0.1) is 0 Å². The maximum Gasteiger partial charge on any atom is 0.205 e. The van der Waals surface area contributed by atoms with Crippen molar-refractivity contribution in [1.82, 2.24) is 4.90 Å². The first-order valence-corrected chi connectivity index (χ1v) is 13.7. The molecular formula is C26H39NO2Si. The van der Waals surface area contributed by atoms with E-state index in [1.165, 1.54) is 16.7 Å². The van der Waals surface area contributed by atoms with Crippen LogP contribution in [0.2, 0.25) is 13.1 Å². The molecule has 1 unspecified atom stereocenters. The van der Waals surface area contributed by atoms with Crippen molar-refractivity contribution in [2.75, 3.05) is 7.05 Å². The minimum Gasteiger partial charge on any atom is -0.399 e. The van der Waals surface area contributed by atoms with Crippen molar-refractivity contribution in [3.8, 4) is 0 Å². The second kappa shape index (κ2) is 9.59. The Balaban J connectivity index is 2.20. The Labute approximate surface area is 185 Å². The number of carbonyl (C=O) groups excluding carboxylic acids is 1. The maximum atomic E-state index is 13.3. The highest BCUT2D eigenvalue weighted by atomic mass is 28.3. The minimum absolute atomic E-state index is 0.0328. The minimum atomic E-state index is -1.40. The lowest BCUT2D eigenvalue weighted by atomic mass is 9.86. The molecule has 0 saturated heterocycles.